The molecule has 3 saturated carbocycles. The Balaban J connectivity index is 1.72. The van der Waals surface area contributed by atoms with Gasteiger partial charge in [-0.3, -0.25) is 4.79 Å². The number of ketones is 1. The Labute approximate surface area is 197 Å². The number of fused-ring (bicyclic) bond motifs is 1. The molecule has 3 nitrogen and oxygen atoms in total. The topological polar surface area (TPSA) is 57.5 Å². The summed E-state index contributed by atoms with van der Waals surface area (Å²) in [5, 5.41) is 21.8. The number of aliphatic hydroxyl groups excluding tert-OH is 2. The second-order valence-corrected chi connectivity index (χ2v) is 11.3. The average molecular weight is 447 g/mol. The molecule has 6 atom stereocenters. The predicted molar refractivity (Wildman–Crippen MR) is 132 cm³/mol. The highest BCUT2D eigenvalue weighted by Crippen LogP contribution is 2.62. The van der Waals surface area contributed by atoms with E-state index in [0.29, 0.717) is 11.7 Å². The van der Waals surface area contributed by atoms with Gasteiger partial charge in [0.1, 0.15) is 5.78 Å². The van der Waals surface area contributed by atoms with Crippen LogP contribution in [0.3, 0.4) is 0 Å². The lowest BCUT2D eigenvalue weighted by Crippen LogP contribution is -2.64. The van der Waals surface area contributed by atoms with Crippen molar-refractivity contribution >= 4 is 5.78 Å². The van der Waals surface area contributed by atoms with Gasteiger partial charge in [0.15, 0.2) is 0 Å². The van der Waals surface area contributed by atoms with E-state index in [1.807, 2.05) is 6.08 Å². The van der Waals surface area contributed by atoms with Gasteiger partial charge >= 0.3 is 0 Å². The highest BCUT2D eigenvalue weighted by molar-refractivity contribution is 5.94. The zero-order chi connectivity index (χ0) is 23.0. The minimum absolute atomic E-state index is 0.0297. The molecule has 0 saturated heterocycles. The van der Waals surface area contributed by atoms with E-state index >= 15 is 0 Å². The number of hydrogen-bond acceptors (Lipinski definition) is 3. The zero-order valence-electron chi connectivity index (χ0n) is 20.9. The number of carbonyl (C=O) groups excluding carboxylic acids is 1. The molecule has 3 fully saturated rings. The SMILES string of the molecule is CCCCCCC1C(=O)[C@]2(CCCCCC)CC[C@H](O)[C@@H](/C=C/[C@H](O)C3CCCCC3)[C@H]12. The molecule has 1 unspecified atom stereocenters. The lowest BCUT2D eigenvalue weighted by Gasteiger charge is -2.60. The first-order valence-corrected chi connectivity index (χ1v) is 14.1. The Morgan fingerprint density at radius 1 is 0.969 bits per heavy atom. The third-order valence-electron chi connectivity index (χ3n) is 9.15. The van der Waals surface area contributed by atoms with Gasteiger partial charge in [0.05, 0.1) is 12.2 Å². The normalized spacial score (nSPS) is 34.4. The number of unbranched alkanes of at least 4 members (excludes halogenated alkanes) is 6. The maximum Gasteiger partial charge on any atom is 0.142 e. The molecule has 3 aliphatic carbocycles. The predicted octanol–water partition coefficient (Wildman–Crippen LogP) is 7.00. The van der Waals surface area contributed by atoms with E-state index in [2.05, 4.69) is 19.9 Å². The molecule has 0 aromatic heterocycles. The van der Waals surface area contributed by atoms with Crippen LogP contribution in [0, 0.1) is 29.1 Å². The fraction of sp³-hybridized carbons (Fsp3) is 0.897. The van der Waals surface area contributed by atoms with Crippen molar-refractivity contribution in [3.8, 4) is 0 Å². The average Bonchev–Trinajstić information content (AvgIpc) is 2.82. The van der Waals surface area contributed by atoms with Crippen LogP contribution in [0.15, 0.2) is 12.2 Å². The molecule has 0 aromatic carbocycles. The quantitative estimate of drug-likeness (QED) is 0.237. The van der Waals surface area contributed by atoms with Gasteiger partial charge in [-0.1, -0.05) is 96.6 Å². The molecule has 184 valence electrons. The Hall–Kier alpha value is -0.670. The summed E-state index contributed by atoms with van der Waals surface area (Å²) in [7, 11) is 0. The molecular formula is C29H50O3. The fourth-order valence-corrected chi connectivity index (χ4v) is 7.26. The summed E-state index contributed by atoms with van der Waals surface area (Å²) in [5.41, 5.74) is -0.201. The molecular weight excluding hydrogens is 396 g/mol. The molecule has 0 aliphatic heterocycles. The van der Waals surface area contributed by atoms with E-state index in [1.54, 1.807) is 0 Å². The molecule has 3 heteroatoms. The van der Waals surface area contributed by atoms with Gasteiger partial charge in [0, 0.05) is 17.3 Å². The first-order valence-electron chi connectivity index (χ1n) is 14.1. The number of hydrogen-bond donors (Lipinski definition) is 2. The van der Waals surface area contributed by atoms with Crippen molar-refractivity contribution in [3.05, 3.63) is 12.2 Å². The first kappa shape index (κ1) is 25.9. The molecule has 0 amide bonds. The summed E-state index contributed by atoms with van der Waals surface area (Å²) in [5.74, 6) is 1.30. The number of rotatable bonds is 13. The van der Waals surface area contributed by atoms with Crippen LogP contribution in [0.25, 0.3) is 0 Å². The second-order valence-electron chi connectivity index (χ2n) is 11.3. The van der Waals surface area contributed by atoms with Crippen LogP contribution in [-0.4, -0.2) is 28.2 Å². The van der Waals surface area contributed by atoms with E-state index in [1.165, 1.54) is 57.8 Å². The summed E-state index contributed by atoms with van der Waals surface area (Å²) >= 11 is 0. The summed E-state index contributed by atoms with van der Waals surface area (Å²) in [6.45, 7) is 4.46. The van der Waals surface area contributed by atoms with Gasteiger partial charge in [-0.05, 0) is 50.4 Å². The maximum absolute atomic E-state index is 13.5. The van der Waals surface area contributed by atoms with E-state index in [-0.39, 0.29) is 29.3 Å². The van der Waals surface area contributed by atoms with E-state index < -0.39 is 6.10 Å². The van der Waals surface area contributed by atoms with Gasteiger partial charge in [0.2, 0.25) is 0 Å². The Kier molecular flexibility index (Phi) is 10.3. The van der Waals surface area contributed by atoms with Crippen LogP contribution >= 0.6 is 0 Å². The van der Waals surface area contributed by atoms with Gasteiger partial charge in [0.25, 0.3) is 0 Å². The Morgan fingerprint density at radius 3 is 2.34 bits per heavy atom. The van der Waals surface area contributed by atoms with E-state index in [0.717, 1.165) is 51.4 Å². The number of aliphatic hydroxyl groups is 2. The largest absolute Gasteiger partial charge is 0.393 e. The lowest BCUT2D eigenvalue weighted by molar-refractivity contribution is -0.178. The van der Waals surface area contributed by atoms with E-state index in [4.69, 9.17) is 0 Å². The Morgan fingerprint density at radius 2 is 1.66 bits per heavy atom. The minimum Gasteiger partial charge on any atom is -0.393 e. The zero-order valence-corrected chi connectivity index (χ0v) is 20.9. The summed E-state index contributed by atoms with van der Waals surface area (Å²) in [6.07, 6.45) is 22.5. The van der Waals surface area contributed by atoms with Crippen LogP contribution in [-0.2, 0) is 4.79 Å². The standard InChI is InChI=1S/C29H50O3/c1-3-5-7-12-16-24-27-23(17-18-25(30)22-14-10-9-11-15-22)26(31)19-21-29(27,28(24)32)20-13-8-6-4-2/h17-18,22-27,30-31H,3-16,19-21H2,1-2H3/b18-17+/t23-,24?,25+,26+,27-,29-/m1/s1. The van der Waals surface area contributed by atoms with Gasteiger partial charge in [-0.25, -0.2) is 0 Å². The maximum atomic E-state index is 13.5. The van der Waals surface area contributed by atoms with Crippen molar-refractivity contribution < 1.29 is 15.0 Å². The highest BCUT2D eigenvalue weighted by atomic mass is 16.3. The molecule has 32 heavy (non-hydrogen) atoms. The van der Waals surface area contributed by atoms with Gasteiger partial charge in [-0.2, -0.15) is 0 Å². The third kappa shape index (κ3) is 5.87. The van der Waals surface area contributed by atoms with Crippen LogP contribution < -0.4 is 0 Å². The van der Waals surface area contributed by atoms with Crippen LogP contribution in [0.4, 0.5) is 0 Å². The smallest absolute Gasteiger partial charge is 0.142 e. The van der Waals surface area contributed by atoms with Gasteiger partial charge < -0.3 is 10.2 Å². The van der Waals surface area contributed by atoms with Crippen molar-refractivity contribution in [3.63, 3.8) is 0 Å². The van der Waals surface area contributed by atoms with Crippen molar-refractivity contribution in [1.82, 2.24) is 0 Å². The van der Waals surface area contributed by atoms with Crippen LogP contribution in [0.5, 0.6) is 0 Å². The molecule has 3 aliphatic rings. The summed E-state index contributed by atoms with van der Waals surface area (Å²) in [4.78, 5) is 13.5. The Bertz CT molecular complexity index is 593. The van der Waals surface area contributed by atoms with E-state index in [9.17, 15) is 15.0 Å². The molecule has 0 radical (unpaired) electrons. The van der Waals surface area contributed by atoms with Gasteiger partial charge in [-0.15, -0.1) is 0 Å². The monoisotopic (exact) mass is 446 g/mol. The minimum atomic E-state index is -0.401. The molecule has 0 spiro atoms. The molecule has 0 heterocycles. The molecule has 2 N–H and O–H groups in total. The highest BCUT2D eigenvalue weighted by Gasteiger charge is 2.64. The summed E-state index contributed by atoms with van der Waals surface area (Å²) in [6, 6.07) is 0. The summed E-state index contributed by atoms with van der Waals surface area (Å²) < 4.78 is 0. The van der Waals surface area contributed by atoms with Crippen molar-refractivity contribution in [2.45, 2.75) is 135 Å². The fourth-order valence-electron chi connectivity index (χ4n) is 7.26. The third-order valence-corrected chi connectivity index (χ3v) is 9.15. The van der Waals surface area contributed by atoms with Crippen LogP contribution in [0.2, 0.25) is 0 Å². The van der Waals surface area contributed by atoms with Crippen molar-refractivity contribution in [2.24, 2.45) is 29.1 Å². The molecule has 3 rings (SSSR count). The number of Topliss-reactive ketones (excluding diaryl/α,β-unsaturated/α-hetero) is 1. The molecule has 0 bridgehead atoms. The number of carbonyl (C=O) groups is 1. The second kappa shape index (κ2) is 12.7. The lowest BCUT2D eigenvalue weighted by atomic mass is 9.42. The van der Waals surface area contributed by atoms with Crippen molar-refractivity contribution in [2.75, 3.05) is 0 Å². The molecule has 0 aromatic rings. The van der Waals surface area contributed by atoms with Crippen molar-refractivity contribution in [1.29, 1.82) is 0 Å². The van der Waals surface area contributed by atoms with Crippen LogP contribution in [0.1, 0.15) is 123 Å². The first-order chi connectivity index (χ1) is 15.5.